The Morgan fingerprint density at radius 2 is 1.50 bits per heavy atom. The van der Waals surface area contributed by atoms with Crippen molar-refractivity contribution in [3.63, 3.8) is 0 Å². The summed E-state index contributed by atoms with van der Waals surface area (Å²) in [6.07, 6.45) is 5.97. The molecule has 3 aliphatic rings. The van der Waals surface area contributed by atoms with Crippen molar-refractivity contribution in [1.82, 2.24) is 14.7 Å². The summed E-state index contributed by atoms with van der Waals surface area (Å²) in [5, 5.41) is 0. The zero-order chi connectivity index (χ0) is 20.9. The van der Waals surface area contributed by atoms with Gasteiger partial charge in [-0.2, -0.15) is 0 Å². The van der Waals surface area contributed by atoms with Gasteiger partial charge in [0.15, 0.2) is 5.78 Å². The van der Waals surface area contributed by atoms with E-state index in [9.17, 15) is 9.59 Å². The first-order valence-electron chi connectivity index (χ1n) is 11.8. The van der Waals surface area contributed by atoms with Gasteiger partial charge >= 0.3 is 0 Å². The van der Waals surface area contributed by atoms with Crippen LogP contribution in [-0.4, -0.2) is 91.3 Å². The number of carbonyl (C=O) groups excluding carboxylic acids is 2. The molecular weight excluding hydrogens is 376 g/mol. The van der Waals surface area contributed by atoms with E-state index in [4.69, 9.17) is 0 Å². The minimum atomic E-state index is 0.189. The van der Waals surface area contributed by atoms with Crippen LogP contribution < -0.4 is 4.90 Å². The zero-order valence-electron chi connectivity index (χ0n) is 18.4. The first-order valence-corrected chi connectivity index (χ1v) is 11.8. The van der Waals surface area contributed by atoms with E-state index in [2.05, 4.69) is 19.6 Å². The van der Waals surface area contributed by atoms with Gasteiger partial charge in [0.25, 0.3) is 0 Å². The highest BCUT2D eigenvalue weighted by Gasteiger charge is 2.29. The lowest BCUT2D eigenvalue weighted by Gasteiger charge is -2.40. The lowest BCUT2D eigenvalue weighted by molar-refractivity contribution is -0.134. The predicted molar refractivity (Wildman–Crippen MR) is 120 cm³/mol. The number of ketones is 1. The average Bonchev–Trinajstić information content (AvgIpc) is 3.34. The van der Waals surface area contributed by atoms with Gasteiger partial charge in [0.1, 0.15) is 0 Å². The molecule has 3 fully saturated rings. The van der Waals surface area contributed by atoms with E-state index in [0.717, 1.165) is 69.7 Å². The Balaban J connectivity index is 1.20. The third kappa shape index (κ3) is 5.03. The minimum Gasteiger partial charge on any atom is -0.369 e. The van der Waals surface area contributed by atoms with Crippen LogP contribution in [0.4, 0.5) is 5.69 Å². The van der Waals surface area contributed by atoms with Crippen molar-refractivity contribution in [2.75, 3.05) is 63.8 Å². The zero-order valence-corrected chi connectivity index (χ0v) is 18.4. The van der Waals surface area contributed by atoms with Gasteiger partial charge in [-0.1, -0.05) is 19.8 Å². The fourth-order valence-electron chi connectivity index (χ4n) is 5.12. The second-order valence-corrected chi connectivity index (χ2v) is 8.94. The first kappa shape index (κ1) is 21.3. The van der Waals surface area contributed by atoms with Crippen LogP contribution in [0.1, 0.15) is 49.4 Å². The smallest absolute Gasteiger partial charge is 0.236 e. The number of nitrogens with zero attached hydrogens (tertiary/aromatic N) is 4. The molecule has 0 bridgehead atoms. The maximum atomic E-state index is 12.8. The Labute approximate surface area is 180 Å². The number of benzene rings is 1. The molecule has 1 saturated carbocycles. The van der Waals surface area contributed by atoms with Gasteiger partial charge in [0.05, 0.1) is 6.54 Å². The molecule has 2 saturated heterocycles. The van der Waals surface area contributed by atoms with Gasteiger partial charge < -0.3 is 9.80 Å². The minimum absolute atomic E-state index is 0.189. The van der Waals surface area contributed by atoms with E-state index in [1.54, 1.807) is 0 Å². The van der Waals surface area contributed by atoms with Crippen LogP contribution in [0.15, 0.2) is 24.3 Å². The van der Waals surface area contributed by atoms with E-state index < -0.39 is 0 Å². The molecular formula is C24H36N4O2. The highest BCUT2D eigenvalue weighted by molar-refractivity contribution is 5.96. The molecule has 0 atom stereocenters. The molecule has 1 aromatic rings. The Bertz CT molecular complexity index is 713. The first-order chi connectivity index (χ1) is 14.6. The summed E-state index contributed by atoms with van der Waals surface area (Å²) in [6, 6.07) is 8.73. The van der Waals surface area contributed by atoms with E-state index in [1.807, 2.05) is 31.2 Å². The predicted octanol–water partition coefficient (Wildman–Crippen LogP) is 2.49. The summed E-state index contributed by atoms with van der Waals surface area (Å²) in [7, 11) is 0. The molecule has 0 spiro atoms. The summed E-state index contributed by atoms with van der Waals surface area (Å²) in [6.45, 7) is 9.95. The van der Waals surface area contributed by atoms with Crippen LogP contribution in [0.2, 0.25) is 0 Å². The molecule has 2 heterocycles. The van der Waals surface area contributed by atoms with E-state index in [-0.39, 0.29) is 11.7 Å². The molecule has 0 unspecified atom stereocenters. The van der Waals surface area contributed by atoms with Crippen LogP contribution >= 0.6 is 0 Å². The lowest BCUT2D eigenvalue weighted by Crippen LogP contribution is -2.55. The second kappa shape index (κ2) is 9.92. The number of hydrogen-bond donors (Lipinski definition) is 0. The quantitative estimate of drug-likeness (QED) is 0.672. The monoisotopic (exact) mass is 412 g/mol. The topological polar surface area (TPSA) is 47.1 Å². The second-order valence-electron chi connectivity index (χ2n) is 8.94. The summed E-state index contributed by atoms with van der Waals surface area (Å²) in [5.74, 6) is 0.478. The van der Waals surface area contributed by atoms with Crippen molar-refractivity contribution in [1.29, 1.82) is 0 Å². The third-order valence-electron chi connectivity index (χ3n) is 7.11. The van der Waals surface area contributed by atoms with E-state index in [0.29, 0.717) is 13.0 Å². The van der Waals surface area contributed by atoms with Crippen molar-refractivity contribution in [2.45, 2.75) is 45.1 Å². The molecule has 2 aliphatic heterocycles. The fourth-order valence-corrected chi connectivity index (χ4v) is 5.12. The fraction of sp³-hybridized carbons (Fsp3) is 0.667. The molecule has 6 heteroatoms. The standard InChI is InChI=1S/C24H36N4O2/c1-2-23(29)20-7-9-22(10-8-20)26-13-11-25(12-14-26)19-24(30)28-17-15-27(16-18-28)21-5-3-4-6-21/h7-10,21H,2-6,11-19H2,1H3. The van der Waals surface area contributed by atoms with Crippen LogP contribution in [-0.2, 0) is 4.79 Å². The molecule has 4 rings (SSSR count). The average molecular weight is 413 g/mol. The van der Waals surface area contributed by atoms with Crippen molar-refractivity contribution in [3.05, 3.63) is 29.8 Å². The SMILES string of the molecule is CCC(=O)c1ccc(N2CCN(CC(=O)N3CCN(C4CCCC4)CC3)CC2)cc1. The summed E-state index contributed by atoms with van der Waals surface area (Å²) < 4.78 is 0. The molecule has 1 amide bonds. The van der Waals surface area contributed by atoms with Gasteiger partial charge in [-0.15, -0.1) is 0 Å². The number of rotatable bonds is 6. The van der Waals surface area contributed by atoms with Crippen LogP contribution in [0.5, 0.6) is 0 Å². The Morgan fingerprint density at radius 1 is 0.867 bits per heavy atom. The third-order valence-corrected chi connectivity index (χ3v) is 7.11. The van der Waals surface area contributed by atoms with Gasteiger partial charge in [-0.05, 0) is 37.1 Å². The highest BCUT2D eigenvalue weighted by atomic mass is 16.2. The molecule has 164 valence electrons. The molecule has 6 nitrogen and oxygen atoms in total. The summed E-state index contributed by atoms with van der Waals surface area (Å²) in [4.78, 5) is 33.9. The molecule has 1 aromatic carbocycles. The number of hydrogen-bond acceptors (Lipinski definition) is 5. The number of carbonyl (C=O) groups is 2. The van der Waals surface area contributed by atoms with Crippen molar-refractivity contribution < 1.29 is 9.59 Å². The number of piperazine rings is 2. The molecule has 1 aliphatic carbocycles. The Kier molecular flexibility index (Phi) is 7.05. The largest absolute Gasteiger partial charge is 0.369 e. The van der Waals surface area contributed by atoms with Gasteiger partial charge in [-0.3, -0.25) is 19.4 Å². The highest BCUT2D eigenvalue weighted by Crippen LogP contribution is 2.24. The van der Waals surface area contributed by atoms with E-state index >= 15 is 0 Å². The molecule has 0 N–H and O–H groups in total. The van der Waals surface area contributed by atoms with Crippen LogP contribution in [0.25, 0.3) is 0 Å². The maximum absolute atomic E-state index is 12.8. The number of anilines is 1. The van der Waals surface area contributed by atoms with Gasteiger partial charge in [0, 0.05) is 76.1 Å². The van der Waals surface area contributed by atoms with E-state index in [1.165, 1.54) is 25.7 Å². The van der Waals surface area contributed by atoms with Crippen molar-refractivity contribution in [3.8, 4) is 0 Å². The number of Topliss-reactive ketones (excluding diaryl/α,β-unsaturated/α-hetero) is 1. The molecule has 0 radical (unpaired) electrons. The summed E-state index contributed by atoms with van der Waals surface area (Å²) >= 11 is 0. The summed E-state index contributed by atoms with van der Waals surface area (Å²) in [5.41, 5.74) is 1.95. The normalized spacial score (nSPS) is 21.9. The van der Waals surface area contributed by atoms with Crippen molar-refractivity contribution in [2.24, 2.45) is 0 Å². The number of amides is 1. The lowest BCUT2D eigenvalue weighted by atomic mass is 10.1. The van der Waals surface area contributed by atoms with Gasteiger partial charge in [0.2, 0.25) is 5.91 Å². The van der Waals surface area contributed by atoms with Crippen LogP contribution in [0.3, 0.4) is 0 Å². The molecule has 0 aromatic heterocycles. The Morgan fingerprint density at radius 3 is 2.10 bits per heavy atom. The maximum Gasteiger partial charge on any atom is 0.236 e. The Hall–Kier alpha value is -1.92. The van der Waals surface area contributed by atoms with Crippen molar-refractivity contribution >= 4 is 17.4 Å². The van der Waals surface area contributed by atoms with Crippen LogP contribution in [0, 0.1) is 0 Å². The molecule has 30 heavy (non-hydrogen) atoms. The van der Waals surface area contributed by atoms with Gasteiger partial charge in [-0.25, -0.2) is 0 Å².